The number of aromatic carboxylic acids is 4. The average molecular weight is 1770 g/mol. The molecule has 4 saturated carbocycles. The molecule has 3 aromatic carbocycles. The van der Waals surface area contributed by atoms with Gasteiger partial charge in [0.2, 0.25) is 21.7 Å². The van der Waals surface area contributed by atoms with Crippen molar-refractivity contribution in [1.29, 1.82) is 43.3 Å². The summed E-state index contributed by atoms with van der Waals surface area (Å²) in [7, 11) is 0. The largest absolute Gasteiger partial charge is 0.477 e. The third kappa shape index (κ3) is 17.1. The molecule has 17 rings (SSSR count). The zero-order valence-corrected chi connectivity index (χ0v) is 69.5. The minimum atomic E-state index is -1.45. The van der Waals surface area contributed by atoms with Crippen LogP contribution in [0, 0.1) is 66.5 Å². The lowest BCUT2D eigenvalue weighted by Gasteiger charge is -2.40. The lowest BCUT2D eigenvalue weighted by molar-refractivity contribution is 0.0684. The topological polar surface area (TPSA) is 528 Å². The van der Waals surface area contributed by atoms with Gasteiger partial charge in [-0.25, -0.2) is 41.7 Å². The van der Waals surface area contributed by atoms with Gasteiger partial charge >= 0.3 is 23.9 Å². The van der Waals surface area contributed by atoms with E-state index in [4.69, 9.17) is 0 Å². The van der Waals surface area contributed by atoms with Gasteiger partial charge in [0.1, 0.15) is 45.4 Å². The fourth-order valence-corrected chi connectivity index (χ4v) is 17.5. The second kappa shape index (κ2) is 34.4. The third-order valence-corrected chi connectivity index (χ3v) is 25.4. The Morgan fingerprint density at radius 1 is 0.289 bits per heavy atom. The molecule has 0 bridgehead atoms. The predicted octanol–water partition coefficient (Wildman–Crippen LogP) is 3.68. The van der Waals surface area contributed by atoms with Gasteiger partial charge in [0, 0.05) is 222 Å². The summed E-state index contributed by atoms with van der Waals surface area (Å²) in [4.78, 5) is 126. The fraction of sp³-hybridized carbons (Fsp3) is 0.434. The van der Waals surface area contributed by atoms with Crippen LogP contribution < -0.4 is 62.6 Å². The molecular formula is C83H95F4N29O12. The summed E-state index contributed by atoms with van der Waals surface area (Å²) in [6, 6.07) is 8.48. The van der Waals surface area contributed by atoms with Crippen LogP contribution in [0.4, 0.5) is 40.4 Å². The number of carbonyl (C=O) groups is 4. The van der Waals surface area contributed by atoms with Gasteiger partial charge in [0.25, 0.3) is 0 Å². The summed E-state index contributed by atoms with van der Waals surface area (Å²) >= 11 is 0. The number of halogens is 4. The Morgan fingerprint density at radius 3 is 0.727 bits per heavy atom. The van der Waals surface area contributed by atoms with E-state index in [-0.39, 0.29) is 279 Å². The van der Waals surface area contributed by atoms with Crippen LogP contribution in [0.15, 0.2) is 86.4 Å². The van der Waals surface area contributed by atoms with E-state index < -0.39 is 91.1 Å². The summed E-state index contributed by atoms with van der Waals surface area (Å²) < 4.78 is 71.7. The van der Waals surface area contributed by atoms with E-state index in [9.17, 15) is 102 Å². The Hall–Kier alpha value is -14.6. The van der Waals surface area contributed by atoms with Crippen molar-refractivity contribution in [3.8, 4) is 0 Å². The van der Waals surface area contributed by atoms with Crippen molar-refractivity contribution in [1.82, 2.24) is 83.7 Å². The first-order chi connectivity index (χ1) is 61.3. The third-order valence-electron chi connectivity index (χ3n) is 25.4. The van der Waals surface area contributed by atoms with Crippen molar-refractivity contribution < 1.29 is 57.2 Å². The molecule has 9 aliphatic rings. The van der Waals surface area contributed by atoms with Crippen LogP contribution in [0.25, 0.3) is 43.7 Å². The highest BCUT2D eigenvalue weighted by Gasteiger charge is 2.38. The number of benzene rings is 3. The molecule has 672 valence electrons. The SMILES string of the molecule is N=C(NC(=N)N1CCN(c2cc3c(cc2F)c(=O)c(C(=O)O)cn3C2CC2)CC1)N1CCN(C(=N)NC(=N)N2CCN(c3cc4c(cc3F)c(=O)c(C(=O)O)cn4C3CC3)CC2)CCN(C(=N)NC(=N)N2CCN(c3nc4c(cc3F)c(=O)c(C(=O)O)cn4C3CC3)CC2)CCN(C(=N)NC(=N)N2CCN(c3cc4c(cc3F)c(=O)c(C(=O)O)cn4C3CC3)CC2)CC1. The molecule has 9 fully saturated rings. The van der Waals surface area contributed by atoms with Crippen LogP contribution in [0.1, 0.15) is 117 Å². The van der Waals surface area contributed by atoms with E-state index in [1.54, 1.807) is 95.3 Å². The van der Waals surface area contributed by atoms with E-state index in [0.717, 1.165) is 62.8 Å². The van der Waals surface area contributed by atoms with Crippen LogP contribution in [0.2, 0.25) is 0 Å². The number of anilines is 4. The maximum Gasteiger partial charge on any atom is 0.341 e. The first-order valence-corrected chi connectivity index (χ1v) is 42.4. The van der Waals surface area contributed by atoms with Gasteiger partial charge < -0.3 is 97.5 Å². The summed E-state index contributed by atoms with van der Waals surface area (Å²) in [5, 5.41) is 128. The monoisotopic (exact) mass is 1770 g/mol. The van der Waals surface area contributed by atoms with Crippen molar-refractivity contribution in [2.24, 2.45) is 0 Å². The van der Waals surface area contributed by atoms with Crippen molar-refractivity contribution >= 4 is 138 Å². The first-order valence-electron chi connectivity index (χ1n) is 42.4. The molecule has 128 heavy (non-hydrogen) atoms. The molecule has 5 aromatic heterocycles. The fourth-order valence-electron chi connectivity index (χ4n) is 17.5. The molecule has 0 spiro atoms. The molecule has 4 aliphatic carbocycles. The number of carboxylic acids is 4. The highest BCUT2D eigenvalue weighted by atomic mass is 19.1. The van der Waals surface area contributed by atoms with Crippen LogP contribution in [0.5, 0.6) is 0 Å². The number of nitrogens with zero attached hydrogens (tertiary/aromatic N) is 17. The molecule has 45 heteroatoms. The van der Waals surface area contributed by atoms with Gasteiger partial charge in [-0.05, 0) is 93.8 Å². The molecule has 0 unspecified atom stereocenters. The minimum absolute atomic E-state index is 0.0672. The van der Waals surface area contributed by atoms with Gasteiger partial charge in [-0.2, -0.15) is 0 Å². The zero-order chi connectivity index (χ0) is 90.3. The average Bonchev–Trinajstić information content (AvgIpc) is 1.65. The van der Waals surface area contributed by atoms with Crippen molar-refractivity contribution in [3.05, 3.63) is 154 Å². The summed E-state index contributed by atoms with van der Waals surface area (Å²) in [5.74, 6) is -10.9. The van der Waals surface area contributed by atoms with E-state index in [2.05, 4.69) is 26.3 Å². The number of carboxylic acid groups (broad SMARTS) is 4. The van der Waals surface area contributed by atoms with Crippen LogP contribution in [-0.2, 0) is 0 Å². The van der Waals surface area contributed by atoms with Crippen molar-refractivity contribution in [2.45, 2.75) is 75.5 Å². The number of fused-ring (bicyclic) bond motifs is 4. The van der Waals surface area contributed by atoms with E-state index >= 15 is 17.6 Å². The first kappa shape index (κ1) is 85.6. The Balaban J connectivity index is 0.616. The lowest BCUT2D eigenvalue weighted by atomic mass is 10.1. The van der Waals surface area contributed by atoms with Gasteiger partial charge in [-0.1, -0.05) is 0 Å². The van der Waals surface area contributed by atoms with Crippen LogP contribution >= 0.6 is 0 Å². The molecule has 41 nitrogen and oxygen atoms in total. The summed E-state index contributed by atoms with van der Waals surface area (Å²) in [6.45, 7) is 1.69. The zero-order valence-electron chi connectivity index (χ0n) is 69.5. The Labute approximate surface area is 725 Å². The minimum Gasteiger partial charge on any atom is -0.477 e. The Kier molecular flexibility index (Phi) is 23.0. The lowest BCUT2D eigenvalue weighted by Crippen LogP contribution is -2.60. The summed E-state index contributed by atoms with van der Waals surface area (Å²) in [6.07, 6.45) is 11.0. The molecule has 5 saturated heterocycles. The van der Waals surface area contributed by atoms with Gasteiger partial charge in [-0.3, -0.25) is 83.7 Å². The quantitative estimate of drug-likeness (QED) is 0.0471. The normalized spacial score (nSPS) is 18.1. The number of pyridine rings is 5. The maximum atomic E-state index is 16.2. The highest BCUT2D eigenvalue weighted by molar-refractivity contribution is 6.01. The molecular weight excluding hydrogens is 1670 g/mol. The van der Waals surface area contributed by atoms with Crippen LogP contribution in [-0.4, -0.2) is 312 Å². The number of nitrogens with one attached hydrogen (secondary N) is 12. The smallest absolute Gasteiger partial charge is 0.341 e. The number of piperazine rings is 4. The van der Waals surface area contributed by atoms with Crippen LogP contribution in [0.3, 0.4) is 0 Å². The Morgan fingerprint density at radius 2 is 0.492 bits per heavy atom. The standard InChI is InChI=1S/C83H95F4N29O12/c84-56-33-48-60(113(44-1-2-44)40-52(66(48)117)72(121)122)37-63(56)101-9-17-105(18-10-101)76(88)97-80(92)109-25-27-110(81(93)98-77(89)106-19-11-102(12-20-106)64-38-61-49(34-57(64)85)67(118)53(73(123)124)41-114(61)45-3-4-45)29-31-112(83(95)100-79(91)108-23-15-104(16-24-108)71-59(87)36-51-69(120)55(75(127)128)43-116(47-7-8-47)70(51)96-71)32-30-111(28-26-109)82(94)99-78(90)107-21-13-103(14-22-107)65-39-62-50(35-58(65)86)68(119)54(74(125)126)42-115(62)46-5-6-46/h33-47H,1-32H2,(H,121,122)(H,123,124)(H,125,126)(H,127,128)(H3,88,92,97)(H3,89,93,98)(H3,90,94,99)(H3,91,95,100). The molecule has 8 aromatic rings. The molecule has 10 heterocycles. The molecule has 0 amide bonds. The van der Waals surface area contributed by atoms with E-state index in [0.29, 0.717) is 29.4 Å². The number of guanidine groups is 8. The molecule has 5 aliphatic heterocycles. The number of rotatable bonds is 12. The molecule has 0 radical (unpaired) electrons. The number of hydrogen-bond donors (Lipinski definition) is 16. The van der Waals surface area contributed by atoms with Gasteiger partial charge in [-0.15, -0.1) is 0 Å². The predicted molar refractivity (Wildman–Crippen MR) is 467 cm³/mol. The number of aromatic nitrogens is 5. The van der Waals surface area contributed by atoms with Gasteiger partial charge in [0.15, 0.2) is 59.3 Å². The summed E-state index contributed by atoms with van der Waals surface area (Å²) in [5.41, 5.74) is -3.41. The second-order valence-electron chi connectivity index (χ2n) is 33.5. The highest BCUT2D eigenvalue weighted by Crippen LogP contribution is 2.42. The van der Waals surface area contributed by atoms with Gasteiger partial charge in [0.05, 0.1) is 39.0 Å². The van der Waals surface area contributed by atoms with Crippen molar-refractivity contribution in [3.63, 3.8) is 0 Å². The maximum absolute atomic E-state index is 16.2. The van der Waals surface area contributed by atoms with E-state index in [1.807, 2.05) is 0 Å². The second-order valence-corrected chi connectivity index (χ2v) is 33.5. The number of hydrogen-bond acceptors (Lipinski definition) is 21. The molecule has 16 N–H and O–H groups in total. The molecule has 0 atom stereocenters. The van der Waals surface area contributed by atoms with Crippen molar-refractivity contribution in [2.75, 3.05) is 177 Å². The van der Waals surface area contributed by atoms with E-state index in [1.165, 1.54) is 24.8 Å². The Bertz CT molecular complexity index is 5530.